The van der Waals surface area contributed by atoms with Gasteiger partial charge in [-0.25, -0.2) is 9.82 Å². The Morgan fingerprint density at radius 1 is 1.11 bits per heavy atom. The van der Waals surface area contributed by atoms with Crippen molar-refractivity contribution in [3.05, 3.63) is 52.8 Å². The standard InChI is InChI=1S/C19H19ClFN3O4/c1-3-27-16-10-12(9-15(20)17(16)28-4-2)11-22-24-19(26)18(25)23-14-7-5-13(21)6-8-14/h5-11H,3-4H2,1-2H3,(H,23,25)(H,24,26)/b22-11-. The van der Waals surface area contributed by atoms with Crippen LogP contribution in [0, 0.1) is 5.82 Å². The first kappa shape index (κ1) is 21.2. The molecule has 2 N–H and O–H groups in total. The summed E-state index contributed by atoms with van der Waals surface area (Å²) in [5, 5.41) is 6.39. The van der Waals surface area contributed by atoms with Crippen molar-refractivity contribution in [2.75, 3.05) is 18.5 Å². The predicted molar refractivity (Wildman–Crippen MR) is 105 cm³/mol. The molecule has 2 aromatic rings. The van der Waals surface area contributed by atoms with Gasteiger partial charge in [-0.1, -0.05) is 11.6 Å². The largest absolute Gasteiger partial charge is 0.490 e. The summed E-state index contributed by atoms with van der Waals surface area (Å²) in [7, 11) is 0. The van der Waals surface area contributed by atoms with Crippen molar-refractivity contribution >= 4 is 35.3 Å². The summed E-state index contributed by atoms with van der Waals surface area (Å²) in [6.07, 6.45) is 1.31. The van der Waals surface area contributed by atoms with Crippen LogP contribution in [-0.4, -0.2) is 31.2 Å². The van der Waals surface area contributed by atoms with Gasteiger partial charge in [-0.05, 0) is 55.8 Å². The molecule has 2 amide bonds. The third kappa shape index (κ3) is 5.95. The number of amides is 2. The summed E-state index contributed by atoms with van der Waals surface area (Å²) >= 11 is 6.20. The summed E-state index contributed by atoms with van der Waals surface area (Å²) in [5.74, 6) is -1.51. The summed E-state index contributed by atoms with van der Waals surface area (Å²) in [6.45, 7) is 4.49. The van der Waals surface area contributed by atoms with Crippen LogP contribution in [0.5, 0.6) is 11.5 Å². The molecular formula is C19H19ClFN3O4. The van der Waals surface area contributed by atoms with E-state index in [1.165, 1.54) is 18.3 Å². The number of hydrazone groups is 1. The van der Waals surface area contributed by atoms with Gasteiger partial charge in [-0.15, -0.1) is 0 Å². The minimum Gasteiger partial charge on any atom is -0.490 e. The average molecular weight is 408 g/mol. The number of carbonyl (C=O) groups excluding carboxylic acids is 2. The third-order valence-corrected chi connectivity index (χ3v) is 3.59. The Labute approximate surface area is 166 Å². The van der Waals surface area contributed by atoms with Crippen molar-refractivity contribution in [3.63, 3.8) is 0 Å². The number of hydrogen-bond donors (Lipinski definition) is 2. The number of rotatable bonds is 7. The third-order valence-electron chi connectivity index (χ3n) is 3.31. The molecule has 0 aromatic heterocycles. The van der Waals surface area contributed by atoms with Crippen LogP contribution in [0.2, 0.25) is 5.02 Å². The Kier molecular flexibility index (Phi) is 7.76. The Hall–Kier alpha value is -3.13. The van der Waals surface area contributed by atoms with Gasteiger partial charge in [0.2, 0.25) is 0 Å². The maximum Gasteiger partial charge on any atom is 0.329 e. The molecule has 0 unspecified atom stereocenters. The van der Waals surface area contributed by atoms with E-state index < -0.39 is 17.6 Å². The summed E-state index contributed by atoms with van der Waals surface area (Å²) in [4.78, 5) is 23.6. The van der Waals surface area contributed by atoms with E-state index in [2.05, 4.69) is 15.8 Å². The lowest BCUT2D eigenvalue weighted by Crippen LogP contribution is -2.32. The van der Waals surface area contributed by atoms with Crippen LogP contribution in [-0.2, 0) is 9.59 Å². The monoisotopic (exact) mass is 407 g/mol. The molecule has 2 aromatic carbocycles. The summed E-state index contributed by atoms with van der Waals surface area (Å²) in [5.41, 5.74) is 2.92. The molecule has 0 spiro atoms. The van der Waals surface area contributed by atoms with E-state index in [1.807, 2.05) is 13.8 Å². The molecule has 0 aliphatic heterocycles. The minimum atomic E-state index is -0.984. The zero-order valence-electron chi connectivity index (χ0n) is 15.3. The average Bonchev–Trinajstić information content (AvgIpc) is 2.66. The first-order valence-corrected chi connectivity index (χ1v) is 8.81. The number of ether oxygens (including phenoxy) is 2. The van der Waals surface area contributed by atoms with Crippen LogP contribution in [0.15, 0.2) is 41.5 Å². The van der Waals surface area contributed by atoms with Crippen molar-refractivity contribution in [2.45, 2.75) is 13.8 Å². The van der Waals surface area contributed by atoms with Gasteiger partial charge < -0.3 is 14.8 Å². The first-order chi connectivity index (χ1) is 13.4. The first-order valence-electron chi connectivity index (χ1n) is 8.43. The second-order valence-electron chi connectivity index (χ2n) is 5.36. The van der Waals surface area contributed by atoms with Crippen LogP contribution in [0.1, 0.15) is 19.4 Å². The molecule has 0 radical (unpaired) electrons. The smallest absolute Gasteiger partial charge is 0.329 e. The lowest BCUT2D eigenvalue weighted by molar-refractivity contribution is -0.136. The Balaban J connectivity index is 2.01. The molecule has 0 heterocycles. The summed E-state index contributed by atoms with van der Waals surface area (Å²) < 4.78 is 23.8. The van der Waals surface area contributed by atoms with Gasteiger partial charge in [-0.3, -0.25) is 9.59 Å². The highest BCUT2D eigenvalue weighted by Crippen LogP contribution is 2.36. The molecule has 2 rings (SSSR count). The van der Waals surface area contributed by atoms with Crippen molar-refractivity contribution in [1.29, 1.82) is 0 Å². The highest BCUT2D eigenvalue weighted by Gasteiger charge is 2.14. The highest BCUT2D eigenvalue weighted by atomic mass is 35.5. The van der Waals surface area contributed by atoms with Gasteiger partial charge in [0.15, 0.2) is 11.5 Å². The second kappa shape index (κ2) is 10.3. The number of halogens is 2. The van der Waals surface area contributed by atoms with E-state index >= 15 is 0 Å². The molecule has 0 aliphatic carbocycles. The van der Waals surface area contributed by atoms with Crippen molar-refractivity contribution in [1.82, 2.24) is 5.43 Å². The number of anilines is 1. The van der Waals surface area contributed by atoms with Crippen molar-refractivity contribution in [3.8, 4) is 11.5 Å². The molecule has 148 valence electrons. The van der Waals surface area contributed by atoms with Gasteiger partial charge in [0.1, 0.15) is 5.82 Å². The lowest BCUT2D eigenvalue weighted by atomic mass is 10.2. The lowest BCUT2D eigenvalue weighted by Gasteiger charge is -2.13. The molecule has 0 bridgehead atoms. The normalized spacial score (nSPS) is 10.6. The SMILES string of the molecule is CCOc1cc(/C=N\NC(=O)C(=O)Nc2ccc(F)cc2)cc(Cl)c1OCC. The van der Waals surface area contributed by atoms with Crippen LogP contribution >= 0.6 is 11.6 Å². The maximum absolute atomic E-state index is 12.8. The fourth-order valence-corrected chi connectivity index (χ4v) is 2.42. The van der Waals surface area contributed by atoms with Gasteiger partial charge in [0, 0.05) is 5.69 Å². The van der Waals surface area contributed by atoms with E-state index in [0.29, 0.717) is 35.3 Å². The predicted octanol–water partition coefficient (Wildman–Crippen LogP) is 3.37. The second-order valence-corrected chi connectivity index (χ2v) is 5.76. The molecule has 28 heavy (non-hydrogen) atoms. The fourth-order valence-electron chi connectivity index (χ4n) is 2.15. The maximum atomic E-state index is 12.8. The Bertz CT molecular complexity index is 872. The zero-order valence-corrected chi connectivity index (χ0v) is 16.0. The van der Waals surface area contributed by atoms with E-state index in [9.17, 15) is 14.0 Å². The number of carbonyl (C=O) groups is 2. The number of hydrogen-bond acceptors (Lipinski definition) is 5. The van der Waals surface area contributed by atoms with Crippen molar-refractivity contribution < 1.29 is 23.5 Å². The Morgan fingerprint density at radius 2 is 1.79 bits per heavy atom. The van der Waals surface area contributed by atoms with Crippen LogP contribution in [0.25, 0.3) is 0 Å². The number of benzene rings is 2. The van der Waals surface area contributed by atoms with Crippen LogP contribution in [0.3, 0.4) is 0 Å². The molecule has 7 nitrogen and oxygen atoms in total. The molecule has 0 atom stereocenters. The molecule has 9 heteroatoms. The Morgan fingerprint density at radius 3 is 2.43 bits per heavy atom. The fraction of sp³-hybridized carbons (Fsp3) is 0.211. The number of nitrogens with zero attached hydrogens (tertiary/aromatic N) is 1. The zero-order chi connectivity index (χ0) is 20.5. The van der Waals surface area contributed by atoms with Crippen molar-refractivity contribution in [2.24, 2.45) is 5.10 Å². The quantitative estimate of drug-likeness (QED) is 0.418. The van der Waals surface area contributed by atoms with Gasteiger partial charge in [0.05, 0.1) is 24.5 Å². The number of nitrogens with one attached hydrogen (secondary N) is 2. The van der Waals surface area contributed by atoms with Crippen LogP contribution < -0.4 is 20.2 Å². The van der Waals surface area contributed by atoms with E-state index in [1.54, 1.807) is 12.1 Å². The van der Waals surface area contributed by atoms with Gasteiger partial charge >= 0.3 is 11.8 Å². The molecule has 0 fully saturated rings. The topological polar surface area (TPSA) is 89.0 Å². The van der Waals surface area contributed by atoms with E-state index in [-0.39, 0.29) is 5.69 Å². The van der Waals surface area contributed by atoms with Gasteiger partial charge in [0.25, 0.3) is 0 Å². The molecule has 0 aliphatic rings. The van der Waals surface area contributed by atoms with Gasteiger partial charge in [-0.2, -0.15) is 5.10 Å². The minimum absolute atomic E-state index is 0.283. The van der Waals surface area contributed by atoms with E-state index in [0.717, 1.165) is 12.1 Å². The molecule has 0 saturated carbocycles. The highest BCUT2D eigenvalue weighted by molar-refractivity contribution is 6.39. The van der Waals surface area contributed by atoms with Crippen LogP contribution in [0.4, 0.5) is 10.1 Å². The molecule has 0 saturated heterocycles. The van der Waals surface area contributed by atoms with E-state index in [4.69, 9.17) is 21.1 Å². The molecular weight excluding hydrogens is 389 g/mol. The summed E-state index contributed by atoms with van der Waals surface area (Å²) in [6, 6.07) is 8.23.